The molecule has 2 aliphatic rings. The van der Waals surface area contributed by atoms with Crippen molar-refractivity contribution in [2.24, 2.45) is 5.92 Å². The van der Waals surface area contributed by atoms with Crippen LogP contribution in [0.25, 0.3) is 0 Å². The van der Waals surface area contributed by atoms with E-state index in [4.69, 9.17) is 0 Å². The van der Waals surface area contributed by atoms with E-state index in [-0.39, 0.29) is 0 Å². The van der Waals surface area contributed by atoms with Crippen molar-refractivity contribution in [3.63, 3.8) is 0 Å². The summed E-state index contributed by atoms with van der Waals surface area (Å²) in [6.45, 7) is 1.15. The highest BCUT2D eigenvalue weighted by molar-refractivity contribution is 5.02. The van der Waals surface area contributed by atoms with Crippen molar-refractivity contribution in [2.75, 3.05) is 6.54 Å². The van der Waals surface area contributed by atoms with Crippen molar-refractivity contribution in [1.29, 1.82) is 0 Å². The topological polar surface area (TPSA) is 26.1 Å². The first-order valence-corrected chi connectivity index (χ1v) is 3.57. The molecule has 2 aliphatic heterocycles. The minimum atomic E-state index is 0.429. The van der Waals surface area contributed by atoms with Crippen LogP contribution in [0.4, 0.5) is 0 Å². The van der Waals surface area contributed by atoms with Gasteiger partial charge in [0.1, 0.15) is 6.17 Å². The Bertz CT molecular complexity index is 131. The molecular weight excluding hydrogens is 112 g/mol. The van der Waals surface area contributed by atoms with Gasteiger partial charge in [-0.25, -0.2) is 0 Å². The van der Waals surface area contributed by atoms with E-state index in [1.165, 1.54) is 12.8 Å². The van der Waals surface area contributed by atoms with Crippen LogP contribution in [0.1, 0.15) is 12.8 Å². The SMILES string of the molecule is C1=CC2CCCNC2[N]1. The second-order valence-electron chi connectivity index (χ2n) is 2.70. The van der Waals surface area contributed by atoms with Crippen LogP contribution in [0.2, 0.25) is 0 Å². The van der Waals surface area contributed by atoms with Crippen LogP contribution in [0, 0.1) is 5.92 Å². The average Bonchev–Trinajstić information content (AvgIpc) is 2.33. The summed E-state index contributed by atoms with van der Waals surface area (Å²) in [5, 5.41) is 7.62. The molecule has 1 fully saturated rings. The molecule has 0 amide bonds. The van der Waals surface area contributed by atoms with Crippen molar-refractivity contribution in [2.45, 2.75) is 19.0 Å². The zero-order valence-electron chi connectivity index (χ0n) is 5.38. The summed E-state index contributed by atoms with van der Waals surface area (Å²) in [6, 6.07) is 0. The first-order chi connectivity index (χ1) is 4.47. The molecule has 0 saturated carbocycles. The summed E-state index contributed by atoms with van der Waals surface area (Å²) < 4.78 is 0. The average molecular weight is 123 g/mol. The summed E-state index contributed by atoms with van der Waals surface area (Å²) >= 11 is 0. The number of fused-ring (bicyclic) bond motifs is 1. The third kappa shape index (κ3) is 0.833. The van der Waals surface area contributed by atoms with Crippen LogP contribution in [0.15, 0.2) is 12.3 Å². The molecule has 2 nitrogen and oxygen atoms in total. The Morgan fingerprint density at radius 3 is 3.44 bits per heavy atom. The van der Waals surface area contributed by atoms with Gasteiger partial charge in [-0.3, -0.25) is 10.6 Å². The minimum absolute atomic E-state index is 0.429. The molecule has 2 heterocycles. The van der Waals surface area contributed by atoms with Gasteiger partial charge < -0.3 is 0 Å². The van der Waals surface area contributed by atoms with E-state index in [1.807, 2.05) is 6.20 Å². The zero-order chi connectivity index (χ0) is 6.10. The van der Waals surface area contributed by atoms with Gasteiger partial charge in [0.2, 0.25) is 0 Å². The Morgan fingerprint density at radius 1 is 1.56 bits per heavy atom. The Morgan fingerprint density at radius 2 is 2.56 bits per heavy atom. The molecule has 2 unspecified atom stereocenters. The Balaban J connectivity index is 2.03. The predicted molar refractivity (Wildman–Crippen MR) is 35.8 cm³/mol. The maximum Gasteiger partial charge on any atom is 0.106 e. The van der Waals surface area contributed by atoms with Gasteiger partial charge >= 0.3 is 0 Å². The summed E-state index contributed by atoms with van der Waals surface area (Å²) in [6.07, 6.45) is 7.20. The summed E-state index contributed by atoms with van der Waals surface area (Å²) in [7, 11) is 0. The van der Waals surface area contributed by atoms with E-state index in [0.717, 1.165) is 6.54 Å². The number of hydrogen-bond acceptors (Lipinski definition) is 1. The van der Waals surface area contributed by atoms with E-state index in [9.17, 15) is 0 Å². The summed E-state index contributed by atoms with van der Waals surface area (Å²) in [5.41, 5.74) is 0. The van der Waals surface area contributed by atoms with E-state index >= 15 is 0 Å². The Hall–Kier alpha value is -0.500. The van der Waals surface area contributed by atoms with Crippen molar-refractivity contribution >= 4 is 0 Å². The van der Waals surface area contributed by atoms with Crippen molar-refractivity contribution < 1.29 is 0 Å². The van der Waals surface area contributed by atoms with Crippen molar-refractivity contribution in [3.8, 4) is 0 Å². The van der Waals surface area contributed by atoms with Crippen LogP contribution in [-0.4, -0.2) is 12.7 Å². The maximum atomic E-state index is 4.27. The van der Waals surface area contributed by atoms with Crippen LogP contribution in [-0.2, 0) is 0 Å². The lowest BCUT2D eigenvalue weighted by Gasteiger charge is -2.24. The third-order valence-corrected chi connectivity index (χ3v) is 2.05. The van der Waals surface area contributed by atoms with Crippen molar-refractivity contribution in [3.05, 3.63) is 12.3 Å². The molecular formula is C7H11N2. The molecule has 0 spiro atoms. The highest BCUT2D eigenvalue weighted by Crippen LogP contribution is 2.20. The van der Waals surface area contributed by atoms with E-state index in [0.29, 0.717) is 12.1 Å². The second kappa shape index (κ2) is 2.03. The lowest BCUT2D eigenvalue weighted by atomic mass is 9.98. The molecule has 0 bridgehead atoms. The highest BCUT2D eigenvalue weighted by Gasteiger charge is 2.25. The Kier molecular flexibility index (Phi) is 1.19. The molecule has 1 radical (unpaired) electrons. The predicted octanol–water partition coefficient (Wildman–Crippen LogP) is 0.444. The van der Waals surface area contributed by atoms with Gasteiger partial charge in [0.25, 0.3) is 0 Å². The first-order valence-electron chi connectivity index (χ1n) is 3.57. The smallest absolute Gasteiger partial charge is 0.106 e. The largest absolute Gasteiger partial charge is 0.295 e. The molecule has 0 aliphatic carbocycles. The Labute approximate surface area is 55.3 Å². The van der Waals surface area contributed by atoms with Crippen LogP contribution >= 0.6 is 0 Å². The number of piperidine rings is 1. The first kappa shape index (κ1) is 5.30. The van der Waals surface area contributed by atoms with Crippen molar-refractivity contribution in [1.82, 2.24) is 10.6 Å². The molecule has 0 aromatic heterocycles. The van der Waals surface area contributed by atoms with Gasteiger partial charge in [0, 0.05) is 12.1 Å². The molecule has 9 heavy (non-hydrogen) atoms. The fourth-order valence-electron chi connectivity index (χ4n) is 1.51. The second-order valence-corrected chi connectivity index (χ2v) is 2.70. The normalized spacial score (nSPS) is 40.0. The molecule has 0 aromatic carbocycles. The van der Waals surface area contributed by atoms with Gasteiger partial charge in [0.15, 0.2) is 0 Å². The molecule has 1 N–H and O–H groups in total. The highest BCUT2D eigenvalue weighted by atomic mass is 15.1. The van der Waals surface area contributed by atoms with Gasteiger partial charge in [0.05, 0.1) is 0 Å². The van der Waals surface area contributed by atoms with Gasteiger partial charge in [-0.05, 0) is 19.4 Å². The summed E-state index contributed by atoms with van der Waals surface area (Å²) in [5.74, 6) is 0.707. The van der Waals surface area contributed by atoms with E-state index < -0.39 is 0 Å². The van der Waals surface area contributed by atoms with Crippen LogP contribution < -0.4 is 10.6 Å². The number of nitrogens with zero attached hydrogens (tertiary/aromatic N) is 1. The lowest BCUT2D eigenvalue weighted by molar-refractivity contribution is 0.320. The molecule has 1 saturated heterocycles. The monoisotopic (exact) mass is 123 g/mol. The molecule has 0 aromatic rings. The minimum Gasteiger partial charge on any atom is -0.295 e. The molecule has 2 heteroatoms. The van der Waals surface area contributed by atoms with E-state index in [1.54, 1.807) is 0 Å². The third-order valence-electron chi connectivity index (χ3n) is 2.05. The lowest BCUT2D eigenvalue weighted by Crippen LogP contribution is -2.42. The fraction of sp³-hybridized carbons (Fsp3) is 0.714. The van der Waals surface area contributed by atoms with Gasteiger partial charge in [-0.15, -0.1) is 0 Å². The zero-order valence-corrected chi connectivity index (χ0v) is 5.38. The maximum absolute atomic E-state index is 4.27. The van der Waals surface area contributed by atoms with Gasteiger partial charge in [-0.1, -0.05) is 6.08 Å². The standard InChI is InChI=1S/C7H11N2/c1-2-6-3-5-9-7(6)8-4-1/h3,5-8H,1-2,4H2. The number of rotatable bonds is 0. The molecule has 2 atom stereocenters. The number of hydrogen-bond donors (Lipinski definition) is 1. The summed E-state index contributed by atoms with van der Waals surface area (Å²) in [4.78, 5) is 0. The van der Waals surface area contributed by atoms with Gasteiger partial charge in [-0.2, -0.15) is 0 Å². The number of nitrogens with one attached hydrogen (secondary N) is 1. The van der Waals surface area contributed by atoms with E-state index in [2.05, 4.69) is 16.7 Å². The molecule has 2 rings (SSSR count). The van der Waals surface area contributed by atoms with Crippen LogP contribution in [0.5, 0.6) is 0 Å². The van der Waals surface area contributed by atoms with Crippen LogP contribution in [0.3, 0.4) is 0 Å². The molecule has 49 valence electrons. The fourth-order valence-corrected chi connectivity index (χ4v) is 1.51. The quantitative estimate of drug-likeness (QED) is 0.497.